The van der Waals surface area contributed by atoms with Crippen molar-refractivity contribution >= 4 is 23.4 Å². The summed E-state index contributed by atoms with van der Waals surface area (Å²) in [4.78, 5) is 41.9. The summed E-state index contributed by atoms with van der Waals surface area (Å²) in [6.45, 7) is 5.67. The highest BCUT2D eigenvalue weighted by atomic mass is 16.2. The summed E-state index contributed by atoms with van der Waals surface area (Å²) < 4.78 is 0. The zero-order valence-electron chi connectivity index (χ0n) is 17.2. The fraction of sp³-hybridized carbons (Fsp3) is 0.160. The molecule has 0 atom stereocenters. The monoisotopic (exact) mass is 398 g/mol. The number of rotatable bonds is 4. The lowest BCUT2D eigenvalue weighted by molar-refractivity contribution is 0.0650. The Hall–Kier alpha value is -3.73. The number of hydrogen-bond acceptors (Lipinski definition) is 3. The third kappa shape index (κ3) is 3.39. The molecule has 3 aromatic carbocycles. The Balaban J connectivity index is 1.76. The molecular formula is C25H22N2O3. The van der Waals surface area contributed by atoms with Crippen molar-refractivity contribution in [2.45, 2.75) is 20.8 Å². The van der Waals surface area contributed by atoms with Crippen LogP contribution in [0.5, 0.6) is 0 Å². The molecule has 1 aliphatic rings. The molecule has 0 radical (unpaired) electrons. The van der Waals surface area contributed by atoms with E-state index < -0.39 is 0 Å². The van der Waals surface area contributed by atoms with E-state index >= 15 is 0 Å². The van der Waals surface area contributed by atoms with Crippen LogP contribution in [0.4, 0.5) is 5.69 Å². The second kappa shape index (κ2) is 7.59. The van der Waals surface area contributed by atoms with Crippen molar-refractivity contribution in [3.05, 3.63) is 100 Å². The number of hydrogen-bond donors (Lipinski definition) is 0. The standard InChI is InChI=1S/C25H22N2O3/c1-16-7-6-8-19(14-16)23(28)26(22-12-11-17(2)13-18(22)3)15-27-24(29)20-9-4-5-10-21(20)25(27)30/h4-14H,15H2,1-3H3. The number of fused-ring (bicyclic) bond motifs is 1. The van der Waals surface area contributed by atoms with Gasteiger partial charge in [-0.1, -0.05) is 47.5 Å². The Kier molecular flexibility index (Phi) is 4.96. The van der Waals surface area contributed by atoms with E-state index in [-0.39, 0.29) is 24.4 Å². The number of aryl methyl sites for hydroxylation is 3. The van der Waals surface area contributed by atoms with Crippen molar-refractivity contribution in [3.63, 3.8) is 0 Å². The summed E-state index contributed by atoms with van der Waals surface area (Å²) >= 11 is 0. The minimum atomic E-state index is -0.387. The molecule has 0 saturated carbocycles. The van der Waals surface area contributed by atoms with Gasteiger partial charge < -0.3 is 0 Å². The maximum absolute atomic E-state index is 13.5. The molecule has 0 aromatic heterocycles. The van der Waals surface area contributed by atoms with Gasteiger partial charge in [-0.25, -0.2) is 0 Å². The summed E-state index contributed by atoms with van der Waals surface area (Å²) in [7, 11) is 0. The largest absolute Gasteiger partial charge is 0.289 e. The lowest BCUT2D eigenvalue weighted by Crippen LogP contribution is -2.44. The number of benzene rings is 3. The molecule has 3 aromatic rings. The van der Waals surface area contributed by atoms with Gasteiger partial charge >= 0.3 is 0 Å². The molecule has 3 amide bonds. The number of carbonyl (C=O) groups is 3. The van der Waals surface area contributed by atoms with Gasteiger partial charge in [-0.3, -0.25) is 24.2 Å². The number of carbonyl (C=O) groups excluding carboxylic acids is 3. The van der Waals surface area contributed by atoms with Crippen LogP contribution >= 0.6 is 0 Å². The Bertz CT molecular complexity index is 1150. The molecule has 150 valence electrons. The van der Waals surface area contributed by atoms with Crippen molar-refractivity contribution in [1.29, 1.82) is 0 Å². The zero-order chi connectivity index (χ0) is 21.4. The Morgan fingerprint density at radius 2 is 1.43 bits per heavy atom. The first-order valence-electron chi connectivity index (χ1n) is 9.78. The van der Waals surface area contributed by atoms with E-state index in [9.17, 15) is 14.4 Å². The summed E-state index contributed by atoms with van der Waals surface area (Å²) in [5.74, 6) is -1.04. The number of amides is 3. The van der Waals surface area contributed by atoms with E-state index in [1.54, 1.807) is 36.4 Å². The van der Waals surface area contributed by atoms with Crippen LogP contribution in [-0.4, -0.2) is 29.3 Å². The van der Waals surface area contributed by atoms with Crippen molar-refractivity contribution in [2.24, 2.45) is 0 Å². The molecular weight excluding hydrogens is 376 g/mol. The minimum absolute atomic E-state index is 0.150. The van der Waals surface area contributed by atoms with E-state index in [2.05, 4.69) is 0 Å². The van der Waals surface area contributed by atoms with Gasteiger partial charge in [-0.15, -0.1) is 0 Å². The van der Waals surface area contributed by atoms with E-state index in [1.165, 1.54) is 4.90 Å². The van der Waals surface area contributed by atoms with Gasteiger partial charge in [0, 0.05) is 11.3 Å². The second-order valence-electron chi connectivity index (χ2n) is 7.62. The molecule has 5 heteroatoms. The highest BCUT2D eigenvalue weighted by molar-refractivity contribution is 6.22. The van der Waals surface area contributed by atoms with Crippen LogP contribution < -0.4 is 4.90 Å². The summed E-state index contributed by atoms with van der Waals surface area (Å²) in [5, 5.41) is 0. The quantitative estimate of drug-likeness (QED) is 0.608. The molecule has 0 spiro atoms. The molecule has 30 heavy (non-hydrogen) atoms. The van der Waals surface area contributed by atoms with Gasteiger partial charge in [-0.2, -0.15) is 0 Å². The third-order valence-electron chi connectivity index (χ3n) is 5.31. The van der Waals surface area contributed by atoms with Crippen LogP contribution in [0.2, 0.25) is 0 Å². The second-order valence-corrected chi connectivity index (χ2v) is 7.62. The van der Waals surface area contributed by atoms with Crippen molar-refractivity contribution in [2.75, 3.05) is 11.6 Å². The number of anilines is 1. The van der Waals surface area contributed by atoms with Crippen LogP contribution in [0.3, 0.4) is 0 Å². The van der Waals surface area contributed by atoms with Crippen molar-refractivity contribution in [3.8, 4) is 0 Å². The zero-order valence-corrected chi connectivity index (χ0v) is 17.2. The fourth-order valence-corrected chi connectivity index (χ4v) is 3.80. The molecule has 1 aliphatic heterocycles. The van der Waals surface area contributed by atoms with E-state index in [4.69, 9.17) is 0 Å². The Morgan fingerprint density at radius 3 is 2.03 bits per heavy atom. The predicted molar refractivity (Wildman–Crippen MR) is 116 cm³/mol. The van der Waals surface area contributed by atoms with Crippen molar-refractivity contribution in [1.82, 2.24) is 4.90 Å². The highest BCUT2D eigenvalue weighted by Crippen LogP contribution is 2.27. The van der Waals surface area contributed by atoms with Crippen molar-refractivity contribution < 1.29 is 14.4 Å². The first kappa shape index (κ1) is 19.6. The van der Waals surface area contributed by atoms with Gasteiger partial charge in [0.25, 0.3) is 17.7 Å². The highest BCUT2D eigenvalue weighted by Gasteiger charge is 2.37. The molecule has 1 heterocycles. The minimum Gasteiger partial charge on any atom is -0.289 e. The lowest BCUT2D eigenvalue weighted by atomic mass is 10.1. The summed E-state index contributed by atoms with van der Waals surface area (Å²) in [5.41, 5.74) is 4.84. The van der Waals surface area contributed by atoms with Gasteiger partial charge in [0.1, 0.15) is 6.67 Å². The summed E-state index contributed by atoms with van der Waals surface area (Å²) in [6, 6.07) is 19.8. The van der Waals surface area contributed by atoms with E-state index in [0.29, 0.717) is 22.4 Å². The maximum Gasteiger partial charge on any atom is 0.263 e. The van der Waals surface area contributed by atoms with Gasteiger partial charge in [-0.05, 0) is 56.7 Å². The molecule has 0 bridgehead atoms. The Morgan fingerprint density at radius 1 is 0.800 bits per heavy atom. The number of imide groups is 1. The molecule has 4 rings (SSSR count). The molecule has 0 unspecified atom stereocenters. The van der Waals surface area contributed by atoms with Gasteiger partial charge in [0.2, 0.25) is 0 Å². The Labute approximate surface area is 175 Å². The van der Waals surface area contributed by atoms with Crippen LogP contribution in [0.25, 0.3) is 0 Å². The smallest absolute Gasteiger partial charge is 0.263 e. The van der Waals surface area contributed by atoms with Gasteiger partial charge in [0.15, 0.2) is 0 Å². The fourth-order valence-electron chi connectivity index (χ4n) is 3.80. The predicted octanol–water partition coefficient (Wildman–Crippen LogP) is 4.51. The summed E-state index contributed by atoms with van der Waals surface area (Å²) in [6.07, 6.45) is 0. The molecule has 0 N–H and O–H groups in total. The lowest BCUT2D eigenvalue weighted by Gasteiger charge is -2.28. The first-order chi connectivity index (χ1) is 14.4. The van der Waals surface area contributed by atoms with Gasteiger partial charge in [0.05, 0.1) is 11.1 Å². The average molecular weight is 398 g/mol. The topological polar surface area (TPSA) is 57.7 Å². The first-order valence-corrected chi connectivity index (χ1v) is 9.78. The molecule has 0 saturated heterocycles. The van der Waals surface area contributed by atoms with Crippen LogP contribution in [-0.2, 0) is 0 Å². The van der Waals surface area contributed by atoms with Crippen LogP contribution in [0.15, 0.2) is 66.7 Å². The van der Waals surface area contributed by atoms with E-state index in [0.717, 1.165) is 21.6 Å². The molecule has 5 nitrogen and oxygen atoms in total. The third-order valence-corrected chi connectivity index (χ3v) is 5.31. The maximum atomic E-state index is 13.5. The normalized spacial score (nSPS) is 12.8. The number of nitrogens with zero attached hydrogens (tertiary/aromatic N) is 2. The SMILES string of the molecule is Cc1cccc(C(=O)N(CN2C(=O)c3ccccc3C2=O)c2ccc(C)cc2C)c1. The van der Waals surface area contributed by atoms with Crippen LogP contribution in [0.1, 0.15) is 47.8 Å². The molecule has 0 fully saturated rings. The average Bonchev–Trinajstić information content (AvgIpc) is 2.97. The molecule has 0 aliphatic carbocycles. The van der Waals surface area contributed by atoms with Crippen LogP contribution in [0, 0.1) is 20.8 Å². The van der Waals surface area contributed by atoms with E-state index in [1.807, 2.05) is 51.1 Å².